The summed E-state index contributed by atoms with van der Waals surface area (Å²) in [6.07, 6.45) is 0.853. The quantitative estimate of drug-likeness (QED) is 0.186. The predicted molar refractivity (Wildman–Crippen MR) is 188 cm³/mol. The molecule has 3 N–H and O–H groups in total. The molecule has 0 spiro atoms. The summed E-state index contributed by atoms with van der Waals surface area (Å²) in [7, 11) is 0. The molecule has 3 amide bonds. The van der Waals surface area contributed by atoms with Crippen LogP contribution in [0.15, 0.2) is 16.9 Å². The molecule has 1 aromatic carbocycles. The molecule has 0 unspecified atom stereocenters. The minimum Gasteiger partial charge on any atom is -0.458 e. The van der Waals surface area contributed by atoms with Crippen molar-refractivity contribution in [2.45, 2.75) is 103 Å². The van der Waals surface area contributed by atoms with Crippen LogP contribution in [0, 0.1) is 12.7 Å². The highest BCUT2D eigenvalue weighted by atomic mass is 19.1. The number of alkyl carbamates (subject to hydrolysis) is 1. The lowest BCUT2D eigenvalue weighted by Crippen LogP contribution is -2.47. The van der Waals surface area contributed by atoms with E-state index in [1.54, 1.807) is 40.7 Å². The van der Waals surface area contributed by atoms with E-state index in [4.69, 9.17) is 19.2 Å². The summed E-state index contributed by atoms with van der Waals surface area (Å²) in [5, 5.41) is 17.3. The number of ether oxygens (including phenoxy) is 3. The molecule has 3 atom stereocenters. The minimum absolute atomic E-state index is 0.0299. The number of aryl methyl sites for hydroxylation is 1. The molecule has 4 aliphatic rings. The second-order valence-corrected chi connectivity index (χ2v) is 15.2. The molecular weight excluding hydrogens is 705 g/mol. The number of nitrogens with zero attached hydrogens (tertiary/aromatic N) is 3. The van der Waals surface area contributed by atoms with Gasteiger partial charge >= 0.3 is 18.0 Å². The van der Waals surface area contributed by atoms with E-state index in [-0.39, 0.29) is 43.8 Å². The van der Waals surface area contributed by atoms with Crippen LogP contribution >= 0.6 is 0 Å². The summed E-state index contributed by atoms with van der Waals surface area (Å²) in [6.45, 7) is 7.41. The van der Waals surface area contributed by atoms with Gasteiger partial charge < -0.3 is 39.4 Å². The SMILES string of the molecule is CC[C@@]1(O)C(=O)OCc2c1cc1n(c2=O)Cc2c-1nc1cc(F)c(C)c3c1c2[C@@H](NC(=O)COC(=O)[C@@H]1CCCN1C(=O)CNC(=O)OC(C)(C)C)CC3. The number of carbonyl (C=O) groups excluding carboxylic acids is 5. The van der Waals surface area contributed by atoms with Crippen LogP contribution in [0.2, 0.25) is 0 Å². The Kier molecular flexibility index (Phi) is 9.23. The zero-order valence-corrected chi connectivity index (χ0v) is 30.7. The Balaban J connectivity index is 1.13. The number of nitrogens with one attached hydrogen (secondary N) is 2. The number of cyclic esters (lactones) is 1. The lowest BCUT2D eigenvalue weighted by Gasteiger charge is -2.31. The number of pyridine rings is 2. The number of esters is 2. The third-order valence-corrected chi connectivity index (χ3v) is 10.7. The summed E-state index contributed by atoms with van der Waals surface area (Å²) in [5.74, 6) is -3.16. The van der Waals surface area contributed by atoms with E-state index >= 15 is 4.39 Å². The molecule has 16 heteroatoms. The molecule has 5 heterocycles. The number of hydrogen-bond donors (Lipinski definition) is 3. The fraction of sp³-hybridized carbons (Fsp3) is 0.500. The van der Waals surface area contributed by atoms with Crippen molar-refractivity contribution >= 4 is 40.7 Å². The molecule has 3 aromatic rings. The van der Waals surface area contributed by atoms with Crippen LogP contribution in [0.1, 0.15) is 92.8 Å². The predicted octanol–water partition coefficient (Wildman–Crippen LogP) is 2.69. The van der Waals surface area contributed by atoms with E-state index in [0.29, 0.717) is 64.7 Å². The second kappa shape index (κ2) is 13.5. The van der Waals surface area contributed by atoms with Crippen molar-refractivity contribution in [3.63, 3.8) is 0 Å². The van der Waals surface area contributed by atoms with Gasteiger partial charge in [0, 0.05) is 29.1 Å². The van der Waals surface area contributed by atoms with Gasteiger partial charge in [0.1, 0.15) is 30.6 Å². The van der Waals surface area contributed by atoms with Gasteiger partial charge in [0.05, 0.1) is 35.1 Å². The second-order valence-electron chi connectivity index (χ2n) is 15.2. The number of halogens is 1. The maximum atomic E-state index is 15.3. The number of carbonyl (C=O) groups is 5. The van der Waals surface area contributed by atoms with Gasteiger partial charge in [0.15, 0.2) is 12.2 Å². The number of hydrogen-bond acceptors (Lipinski definition) is 11. The Bertz CT molecular complexity index is 2210. The minimum atomic E-state index is -2.03. The molecule has 0 radical (unpaired) electrons. The van der Waals surface area contributed by atoms with Gasteiger partial charge in [-0.2, -0.15) is 0 Å². The molecule has 54 heavy (non-hydrogen) atoms. The van der Waals surface area contributed by atoms with Crippen LogP contribution < -0.4 is 16.2 Å². The molecule has 15 nitrogen and oxygen atoms in total. The Morgan fingerprint density at radius 1 is 1.13 bits per heavy atom. The molecule has 2 aromatic heterocycles. The standard InChI is InChI=1S/C38H42FN5O10/c1-6-38(51)22-12-27-32-20(15-44(27)33(47)21(22)16-53-35(38)49)31-24(10-9-19-18(2)23(39)13-25(42-32)30(19)31)41-28(45)17-52-34(48)26-8-7-11-43(26)29(46)14-40-36(50)54-37(3,4)5/h12-13,24,26,51H,6-11,14-17H2,1-5H3,(H,40,50)(H,41,45)/t24-,26-,38-/m0/s1. The number of fused-ring (bicyclic) bond motifs is 5. The number of aliphatic hydroxyl groups is 1. The maximum Gasteiger partial charge on any atom is 0.408 e. The molecule has 1 saturated heterocycles. The number of amides is 3. The maximum absolute atomic E-state index is 15.3. The average molecular weight is 748 g/mol. The van der Waals surface area contributed by atoms with Gasteiger partial charge in [0.2, 0.25) is 5.91 Å². The molecule has 3 aliphatic heterocycles. The Morgan fingerprint density at radius 2 is 1.89 bits per heavy atom. The summed E-state index contributed by atoms with van der Waals surface area (Å²) < 4.78 is 32.5. The zero-order valence-electron chi connectivity index (χ0n) is 30.7. The summed E-state index contributed by atoms with van der Waals surface area (Å²) in [4.78, 5) is 84.2. The van der Waals surface area contributed by atoms with E-state index < -0.39 is 71.1 Å². The number of likely N-dealkylation sites (tertiary alicyclic amines) is 1. The van der Waals surface area contributed by atoms with Crippen LogP contribution in [0.25, 0.3) is 22.3 Å². The normalized spacial score (nSPS) is 21.2. The van der Waals surface area contributed by atoms with E-state index in [0.717, 1.165) is 5.56 Å². The van der Waals surface area contributed by atoms with Gasteiger partial charge in [-0.15, -0.1) is 0 Å². The highest BCUT2D eigenvalue weighted by Gasteiger charge is 2.46. The van der Waals surface area contributed by atoms with Gasteiger partial charge in [-0.1, -0.05) is 6.92 Å². The lowest BCUT2D eigenvalue weighted by molar-refractivity contribution is -0.172. The average Bonchev–Trinajstić information content (AvgIpc) is 3.76. The number of benzene rings is 1. The molecular formula is C38H42FN5O10. The van der Waals surface area contributed by atoms with Crippen molar-refractivity contribution in [2.75, 3.05) is 19.7 Å². The van der Waals surface area contributed by atoms with Crippen molar-refractivity contribution < 1.29 is 47.7 Å². The fourth-order valence-electron chi connectivity index (χ4n) is 8.04. The van der Waals surface area contributed by atoms with Gasteiger partial charge in [0.25, 0.3) is 11.5 Å². The summed E-state index contributed by atoms with van der Waals surface area (Å²) >= 11 is 0. The highest BCUT2D eigenvalue weighted by Crippen LogP contribution is 2.46. The van der Waals surface area contributed by atoms with Crippen molar-refractivity contribution in [3.8, 4) is 11.4 Å². The van der Waals surface area contributed by atoms with Crippen LogP contribution in [-0.4, -0.2) is 80.7 Å². The lowest BCUT2D eigenvalue weighted by atomic mass is 9.81. The van der Waals surface area contributed by atoms with Crippen LogP contribution in [0.5, 0.6) is 0 Å². The first-order chi connectivity index (χ1) is 25.5. The number of aromatic nitrogens is 2. The largest absolute Gasteiger partial charge is 0.458 e. The van der Waals surface area contributed by atoms with Crippen molar-refractivity contribution in [3.05, 3.63) is 61.7 Å². The topological polar surface area (TPSA) is 195 Å². The molecule has 1 fully saturated rings. The molecule has 286 valence electrons. The van der Waals surface area contributed by atoms with Crippen LogP contribution in [0.3, 0.4) is 0 Å². The Morgan fingerprint density at radius 3 is 2.61 bits per heavy atom. The van der Waals surface area contributed by atoms with E-state index in [2.05, 4.69) is 10.6 Å². The Labute approximate surface area is 309 Å². The monoisotopic (exact) mass is 747 g/mol. The summed E-state index contributed by atoms with van der Waals surface area (Å²) in [6, 6.07) is 1.33. The van der Waals surface area contributed by atoms with Crippen LogP contribution in [-0.2, 0) is 58.6 Å². The first-order valence-corrected chi connectivity index (χ1v) is 18.1. The van der Waals surface area contributed by atoms with E-state index in [1.807, 2.05) is 0 Å². The third-order valence-electron chi connectivity index (χ3n) is 10.7. The van der Waals surface area contributed by atoms with Crippen molar-refractivity contribution in [1.29, 1.82) is 0 Å². The van der Waals surface area contributed by atoms with Gasteiger partial charge in [-0.25, -0.2) is 23.8 Å². The van der Waals surface area contributed by atoms with Crippen molar-refractivity contribution in [1.82, 2.24) is 25.1 Å². The molecule has 0 bridgehead atoms. The summed E-state index contributed by atoms with van der Waals surface area (Å²) in [5.41, 5.74) is 0.572. The van der Waals surface area contributed by atoms with E-state index in [9.17, 15) is 33.9 Å². The smallest absolute Gasteiger partial charge is 0.408 e. The number of rotatable bonds is 7. The molecule has 0 saturated carbocycles. The third kappa shape index (κ3) is 6.25. The first kappa shape index (κ1) is 37.0. The Hall–Kier alpha value is -5.38. The molecule has 7 rings (SSSR count). The fourth-order valence-corrected chi connectivity index (χ4v) is 8.04. The first-order valence-electron chi connectivity index (χ1n) is 18.1. The highest BCUT2D eigenvalue weighted by molar-refractivity contribution is 5.94. The van der Waals surface area contributed by atoms with Crippen LogP contribution in [0.4, 0.5) is 9.18 Å². The zero-order chi connectivity index (χ0) is 38.9. The van der Waals surface area contributed by atoms with Gasteiger partial charge in [-0.3, -0.25) is 14.4 Å². The molecule has 1 aliphatic carbocycles. The van der Waals surface area contributed by atoms with E-state index in [1.165, 1.54) is 15.5 Å². The van der Waals surface area contributed by atoms with Gasteiger partial charge in [-0.05, 0) is 82.6 Å². The van der Waals surface area contributed by atoms with Crippen molar-refractivity contribution in [2.24, 2.45) is 0 Å².